The van der Waals surface area contributed by atoms with Gasteiger partial charge in [-0.15, -0.1) is 0 Å². The van der Waals surface area contributed by atoms with Gasteiger partial charge in [-0.2, -0.15) is 0 Å². The summed E-state index contributed by atoms with van der Waals surface area (Å²) in [6, 6.07) is 10.4. The summed E-state index contributed by atoms with van der Waals surface area (Å²) >= 11 is 0. The molecule has 0 spiro atoms. The van der Waals surface area contributed by atoms with Gasteiger partial charge in [0.1, 0.15) is 0 Å². The molecule has 0 aliphatic rings. The minimum absolute atomic E-state index is 0.0247. The van der Waals surface area contributed by atoms with Crippen molar-refractivity contribution in [1.29, 1.82) is 0 Å². The molecule has 22 heavy (non-hydrogen) atoms. The first kappa shape index (κ1) is 16.3. The van der Waals surface area contributed by atoms with Crippen molar-refractivity contribution in [3.8, 4) is 0 Å². The summed E-state index contributed by atoms with van der Waals surface area (Å²) < 4.78 is 0. The summed E-state index contributed by atoms with van der Waals surface area (Å²) in [6.07, 6.45) is 0. The van der Waals surface area contributed by atoms with Crippen LogP contribution in [0.4, 0.5) is 5.69 Å². The van der Waals surface area contributed by atoms with Crippen LogP contribution in [0.25, 0.3) is 10.9 Å². The lowest BCUT2D eigenvalue weighted by Gasteiger charge is -2.23. The number of hydrogen-bond donors (Lipinski definition) is 0. The fourth-order valence-corrected chi connectivity index (χ4v) is 2.35. The number of aliphatic imine (C=N–C) groups is 1. The number of benzene rings is 1. The molecular formula is C18H26N4. The lowest BCUT2D eigenvalue weighted by Crippen LogP contribution is -2.35. The Labute approximate surface area is 133 Å². The average Bonchev–Trinajstić information content (AvgIpc) is 2.42. The van der Waals surface area contributed by atoms with E-state index in [1.165, 1.54) is 0 Å². The topological polar surface area (TPSA) is 31.7 Å². The molecule has 2 aromatic rings. The molecule has 1 aromatic heterocycles. The normalized spacial score (nSPS) is 11.4. The molecule has 4 nitrogen and oxygen atoms in total. The van der Waals surface area contributed by atoms with Crippen molar-refractivity contribution in [2.24, 2.45) is 4.99 Å². The van der Waals surface area contributed by atoms with Gasteiger partial charge in [-0.1, -0.05) is 39.0 Å². The maximum absolute atomic E-state index is 4.87. The number of fused-ring (bicyclic) bond motifs is 1. The van der Waals surface area contributed by atoms with E-state index in [0.29, 0.717) is 0 Å². The molecule has 0 N–H and O–H groups in total. The first-order valence-corrected chi connectivity index (χ1v) is 7.54. The summed E-state index contributed by atoms with van der Waals surface area (Å²) in [5, 5.41) is 1.12. The maximum atomic E-state index is 4.87. The highest BCUT2D eigenvalue weighted by Gasteiger charge is 2.16. The molecule has 0 unspecified atom stereocenters. The monoisotopic (exact) mass is 298 g/mol. The molecule has 0 radical (unpaired) electrons. The minimum atomic E-state index is 0.0247. The van der Waals surface area contributed by atoms with Crippen molar-refractivity contribution in [3.05, 3.63) is 36.0 Å². The van der Waals surface area contributed by atoms with Crippen LogP contribution >= 0.6 is 0 Å². The van der Waals surface area contributed by atoms with Crippen molar-refractivity contribution < 1.29 is 0 Å². The van der Waals surface area contributed by atoms with Gasteiger partial charge in [0.15, 0.2) is 0 Å². The molecule has 0 bridgehead atoms. The van der Waals surface area contributed by atoms with Crippen LogP contribution < -0.4 is 0 Å². The van der Waals surface area contributed by atoms with Gasteiger partial charge in [0, 0.05) is 44.7 Å². The van der Waals surface area contributed by atoms with Crippen molar-refractivity contribution in [2.45, 2.75) is 26.2 Å². The Morgan fingerprint density at radius 3 is 2.14 bits per heavy atom. The number of hydrogen-bond acceptors (Lipinski definition) is 2. The molecule has 0 aliphatic carbocycles. The van der Waals surface area contributed by atoms with Crippen molar-refractivity contribution in [3.63, 3.8) is 0 Å². The first-order valence-electron chi connectivity index (χ1n) is 7.54. The predicted molar refractivity (Wildman–Crippen MR) is 94.9 cm³/mol. The van der Waals surface area contributed by atoms with Crippen LogP contribution in [-0.4, -0.2) is 48.9 Å². The van der Waals surface area contributed by atoms with Gasteiger partial charge in [0.25, 0.3) is 0 Å². The Hall–Kier alpha value is -2.10. The summed E-state index contributed by atoms with van der Waals surface area (Å²) in [7, 11) is 7.99. The first-order chi connectivity index (χ1) is 10.2. The number of guanidine groups is 1. The van der Waals surface area contributed by atoms with Crippen molar-refractivity contribution in [2.75, 3.05) is 28.2 Å². The molecule has 0 saturated carbocycles. The van der Waals surface area contributed by atoms with E-state index in [2.05, 4.69) is 39.0 Å². The van der Waals surface area contributed by atoms with Gasteiger partial charge in [0.05, 0.1) is 11.2 Å². The quantitative estimate of drug-likeness (QED) is 0.595. The van der Waals surface area contributed by atoms with Crippen LogP contribution in [0.2, 0.25) is 0 Å². The molecule has 0 saturated heterocycles. The highest BCUT2D eigenvalue weighted by Crippen LogP contribution is 2.28. The number of nitrogens with zero attached hydrogens (tertiary/aromatic N) is 4. The van der Waals surface area contributed by atoms with E-state index in [0.717, 1.165) is 28.2 Å². The third-order valence-electron chi connectivity index (χ3n) is 3.49. The Balaban J connectivity index is 2.66. The second kappa shape index (κ2) is 5.95. The van der Waals surface area contributed by atoms with E-state index >= 15 is 0 Å². The van der Waals surface area contributed by atoms with E-state index in [9.17, 15) is 0 Å². The maximum Gasteiger partial charge on any atom is 0.200 e. The fraction of sp³-hybridized carbons (Fsp3) is 0.444. The number of pyridine rings is 1. The van der Waals surface area contributed by atoms with E-state index in [4.69, 9.17) is 9.98 Å². The molecule has 0 aliphatic heterocycles. The van der Waals surface area contributed by atoms with Crippen LogP contribution in [0.5, 0.6) is 0 Å². The van der Waals surface area contributed by atoms with E-state index in [-0.39, 0.29) is 5.41 Å². The SMILES string of the molecule is CN(C)C(=Nc1cccc2ccc(C(C)(C)C)nc12)N(C)C. The van der Waals surface area contributed by atoms with Gasteiger partial charge >= 0.3 is 0 Å². The average molecular weight is 298 g/mol. The highest BCUT2D eigenvalue weighted by molar-refractivity contribution is 5.93. The Morgan fingerprint density at radius 1 is 0.955 bits per heavy atom. The van der Waals surface area contributed by atoms with Gasteiger partial charge in [-0.05, 0) is 12.1 Å². The molecule has 0 fully saturated rings. The van der Waals surface area contributed by atoms with Crippen molar-refractivity contribution in [1.82, 2.24) is 14.8 Å². The van der Waals surface area contributed by atoms with Crippen LogP contribution in [0.1, 0.15) is 26.5 Å². The van der Waals surface area contributed by atoms with E-state index in [1.54, 1.807) is 0 Å². The minimum Gasteiger partial charge on any atom is -0.349 e. The van der Waals surface area contributed by atoms with E-state index < -0.39 is 0 Å². The second-order valence-corrected chi connectivity index (χ2v) is 7.00. The third-order valence-corrected chi connectivity index (χ3v) is 3.49. The summed E-state index contributed by atoms with van der Waals surface area (Å²) in [4.78, 5) is 13.7. The fourth-order valence-electron chi connectivity index (χ4n) is 2.35. The largest absolute Gasteiger partial charge is 0.349 e. The molecule has 1 heterocycles. The zero-order chi connectivity index (χ0) is 16.5. The van der Waals surface area contributed by atoms with Crippen LogP contribution in [-0.2, 0) is 5.41 Å². The van der Waals surface area contributed by atoms with Gasteiger partial charge < -0.3 is 9.80 Å². The molecule has 4 heteroatoms. The zero-order valence-electron chi connectivity index (χ0n) is 14.7. The molecule has 2 rings (SSSR count). The number of rotatable bonds is 1. The van der Waals surface area contributed by atoms with Crippen LogP contribution in [0, 0.1) is 0 Å². The summed E-state index contributed by atoms with van der Waals surface area (Å²) in [6.45, 7) is 6.54. The second-order valence-electron chi connectivity index (χ2n) is 7.00. The molecule has 0 atom stereocenters. The predicted octanol–water partition coefficient (Wildman–Crippen LogP) is 3.64. The molecule has 118 valence electrons. The highest BCUT2D eigenvalue weighted by atomic mass is 15.3. The smallest absolute Gasteiger partial charge is 0.200 e. The standard InChI is InChI=1S/C18H26N4/c1-18(2,3)15-12-11-13-9-8-10-14(16(13)20-15)19-17(21(4)5)22(6)7/h8-12H,1-7H3. The van der Waals surface area contributed by atoms with Gasteiger partial charge in [-0.25, -0.2) is 9.98 Å². The number of para-hydroxylation sites is 1. The summed E-state index contributed by atoms with van der Waals surface area (Å²) in [5.41, 5.74) is 2.97. The number of aromatic nitrogens is 1. The van der Waals surface area contributed by atoms with Crippen LogP contribution in [0.3, 0.4) is 0 Å². The lowest BCUT2D eigenvalue weighted by molar-refractivity contribution is 0.484. The van der Waals surface area contributed by atoms with Gasteiger partial charge in [0.2, 0.25) is 5.96 Å². The Bertz CT molecular complexity index is 684. The Kier molecular flexibility index (Phi) is 4.40. The zero-order valence-corrected chi connectivity index (χ0v) is 14.7. The van der Waals surface area contributed by atoms with E-state index in [1.807, 2.05) is 50.1 Å². The van der Waals surface area contributed by atoms with Crippen molar-refractivity contribution >= 4 is 22.5 Å². The lowest BCUT2D eigenvalue weighted by atomic mass is 9.91. The van der Waals surface area contributed by atoms with Crippen LogP contribution in [0.15, 0.2) is 35.3 Å². The molecule has 0 amide bonds. The third kappa shape index (κ3) is 3.38. The molecular weight excluding hydrogens is 272 g/mol. The van der Waals surface area contributed by atoms with Gasteiger partial charge in [-0.3, -0.25) is 0 Å². The molecule has 1 aromatic carbocycles. The summed E-state index contributed by atoms with van der Waals surface area (Å²) in [5.74, 6) is 0.899. The Morgan fingerprint density at radius 2 is 1.59 bits per heavy atom.